The van der Waals surface area contributed by atoms with Crippen LogP contribution in [0.25, 0.3) is 16.6 Å². The van der Waals surface area contributed by atoms with E-state index in [2.05, 4.69) is 10.3 Å². The number of hydrogen-bond acceptors (Lipinski definition) is 8. The molecule has 158 valence electrons. The quantitative estimate of drug-likeness (QED) is 0.489. The Morgan fingerprint density at radius 1 is 1.13 bits per heavy atom. The summed E-state index contributed by atoms with van der Waals surface area (Å²) in [5.41, 5.74) is 1.47. The van der Waals surface area contributed by atoms with Crippen molar-refractivity contribution >= 4 is 16.6 Å². The van der Waals surface area contributed by atoms with Crippen molar-refractivity contribution in [3.05, 3.63) is 58.6 Å². The Bertz CT molecular complexity index is 1110. The van der Waals surface area contributed by atoms with Crippen molar-refractivity contribution < 1.29 is 24.8 Å². The fourth-order valence-corrected chi connectivity index (χ4v) is 3.52. The zero-order valence-electron chi connectivity index (χ0n) is 16.5. The van der Waals surface area contributed by atoms with Crippen molar-refractivity contribution in [2.45, 2.75) is 31.5 Å². The van der Waals surface area contributed by atoms with Crippen LogP contribution in [0.1, 0.15) is 5.82 Å². The van der Waals surface area contributed by atoms with Gasteiger partial charge in [-0.15, -0.1) is 0 Å². The minimum Gasteiger partial charge on any atom is -0.497 e. The number of aryl methyl sites for hydroxylation is 1. The van der Waals surface area contributed by atoms with E-state index in [4.69, 9.17) is 9.47 Å². The van der Waals surface area contributed by atoms with Gasteiger partial charge in [0.25, 0.3) is 5.56 Å². The van der Waals surface area contributed by atoms with Gasteiger partial charge in [-0.05, 0) is 49.4 Å². The van der Waals surface area contributed by atoms with Gasteiger partial charge >= 0.3 is 0 Å². The summed E-state index contributed by atoms with van der Waals surface area (Å²) in [5, 5.41) is 32.9. The minimum atomic E-state index is -1.33. The largest absolute Gasteiger partial charge is 0.497 e. The average Bonchev–Trinajstić information content (AvgIpc) is 2.75. The molecule has 1 unspecified atom stereocenters. The highest BCUT2D eigenvalue weighted by Gasteiger charge is 2.37. The van der Waals surface area contributed by atoms with E-state index in [1.807, 2.05) is 0 Å². The maximum Gasteiger partial charge on any atom is 0.266 e. The zero-order chi connectivity index (χ0) is 21.4. The van der Waals surface area contributed by atoms with Crippen LogP contribution in [-0.4, -0.2) is 63.1 Å². The molecule has 0 spiro atoms. The molecule has 1 fully saturated rings. The van der Waals surface area contributed by atoms with Crippen LogP contribution >= 0.6 is 0 Å². The van der Waals surface area contributed by atoms with Crippen LogP contribution in [0.4, 0.5) is 5.69 Å². The summed E-state index contributed by atoms with van der Waals surface area (Å²) in [6.07, 6.45) is -4.73. The molecular formula is C21H23N3O6. The molecule has 9 nitrogen and oxygen atoms in total. The SMILES string of the molecule is COc1ccc(-n2c(C)nc3ccc(NC4OC[C@@H](O)[C@H](O)[C@H]4O)cc3c2=O)cc1. The number of hydrogen-bond donors (Lipinski definition) is 4. The lowest BCUT2D eigenvalue weighted by Gasteiger charge is -2.35. The molecule has 0 saturated carbocycles. The van der Waals surface area contributed by atoms with Gasteiger partial charge in [-0.25, -0.2) is 4.98 Å². The Kier molecular flexibility index (Phi) is 5.44. The highest BCUT2D eigenvalue weighted by molar-refractivity contribution is 5.82. The molecule has 3 aromatic rings. The Labute approximate surface area is 172 Å². The topological polar surface area (TPSA) is 126 Å². The van der Waals surface area contributed by atoms with Crippen molar-refractivity contribution in [2.75, 3.05) is 19.0 Å². The first-order valence-electron chi connectivity index (χ1n) is 9.49. The number of benzene rings is 2. The van der Waals surface area contributed by atoms with E-state index in [1.54, 1.807) is 56.5 Å². The normalized spacial score (nSPS) is 24.0. The Morgan fingerprint density at radius 3 is 2.57 bits per heavy atom. The molecule has 4 rings (SSSR count). The number of ether oxygens (including phenoxy) is 2. The molecule has 0 radical (unpaired) electrons. The van der Waals surface area contributed by atoms with E-state index in [-0.39, 0.29) is 12.2 Å². The zero-order valence-corrected chi connectivity index (χ0v) is 16.5. The third kappa shape index (κ3) is 3.63. The van der Waals surface area contributed by atoms with Gasteiger partial charge in [-0.2, -0.15) is 0 Å². The van der Waals surface area contributed by atoms with Gasteiger partial charge in [-0.3, -0.25) is 9.36 Å². The van der Waals surface area contributed by atoms with Crippen molar-refractivity contribution in [3.8, 4) is 11.4 Å². The maximum atomic E-state index is 13.2. The highest BCUT2D eigenvalue weighted by atomic mass is 16.5. The number of nitrogens with one attached hydrogen (secondary N) is 1. The van der Waals surface area contributed by atoms with Crippen molar-refractivity contribution in [1.29, 1.82) is 0 Å². The van der Waals surface area contributed by atoms with E-state index in [0.717, 1.165) is 0 Å². The molecule has 2 heterocycles. The van der Waals surface area contributed by atoms with Crippen LogP contribution in [0, 0.1) is 6.92 Å². The minimum absolute atomic E-state index is 0.117. The van der Waals surface area contributed by atoms with Gasteiger partial charge in [0, 0.05) is 5.69 Å². The molecule has 2 aromatic carbocycles. The lowest BCUT2D eigenvalue weighted by molar-refractivity contribution is -0.178. The number of fused-ring (bicyclic) bond motifs is 1. The third-order valence-electron chi connectivity index (χ3n) is 5.18. The Balaban J connectivity index is 1.70. The van der Waals surface area contributed by atoms with Crippen molar-refractivity contribution in [1.82, 2.24) is 9.55 Å². The van der Waals surface area contributed by atoms with Gasteiger partial charge in [0.05, 0.1) is 30.3 Å². The molecule has 30 heavy (non-hydrogen) atoms. The molecule has 4 N–H and O–H groups in total. The molecule has 1 aliphatic rings. The number of methoxy groups -OCH3 is 1. The Hall–Kier alpha value is -2.98. The average molecular weight is 413 g/mol. The second-order valence-corrected chi connectivity index (χ2v) is 7.18. The maximum absolute atomic E-state index is 13.2. The molecule has 9 heteroatoms. The molecular weight excluding hydrogens is 390 g/mol. The summed E-state index contributed by atoms with van der Waals surface area (Å²) in [5.74, 6) is 1.23. The van der Waals surface area contributed by atoms with E-state index in [9.17, 15) is 20.1 Å². The van der Waals surface area contributed by atoms with Crippen LogP contribution in [0.3, 0.4) is 0 Å². The van der Waals surface area contributed by atoms with E-state index >= 15 is 0 Å². The third-order valence-corrected chi connectivity index (χ3v) is 5.18. The summed E-state index contributed by atoms with van der Waals surface area (Å²) in [4.78, 5) is 17.7. The van der Waals surface area contributed by atoms with Crippen molar-refractivity contribution in [3.63, 3.8) is 0 Å². The first-order valence-corrected chi connectivity index (χ1v) is 9.49. The Morgan fingerprint density at radius 2 is 1.87 bits per heavy atom. The van der Waals surface area contributed by atoms with E-state index in [0.29, 0.717) is 33.9 Å². The second kappa shape index (κ2) is 8.04. The van der Waals surface area contributed by atoms with Gasteiger partial charge in [0.2, 0.25) is 0 Å². The van der Waals surface area contributed by atoms with Gasteiger partial charge < -0.3 is 30.1 Å². The monoisotopic (exact) mass is 413 g/mol. The summed E-state index contributed by atoms with van der Waals surface area (Å²) < 4.78 is 12.1. The smallest absolute Gasteiger partial charge is 0.266 e. The number of aromatic nitrogens is 2. The lowest BCUT2D eigenvalue weighted by Crippen LogP contribution is -2.55. The van der Waals surface area contributed by atoms with Crippen LogP contribution in [-0.2, 0) is 4.74 Å². The van der Waals surface area contributed by atoms with Crippen LogP contribution in [0.2, 0.25) is 0 Å². The number of anilines is 1. The predicted octanol–water partition coefficient (Wildman–Crippen LogP) is 0.554. The van der Waals surface area contributed by atoms with Crippen molar-refractivity contribution in [2.24, 2.45) is 0 Å². The van der Waals surface area contributed by atoms with Crippen LogP contribution < -0.4 is 15.6 Å². The van der Waals surface area contributed by atoms with Gasteiger partial charge in [0.1, 0.15) is 29.9 Å². The standard InChI is InChI=1S/C21H23N3O6/c1-11-22-16-8-3-12(23-20-19(27)18(26)17(25)10-30-20)9-15(16)21(28)24(11)13-4-6-14(29-2)7-5-13/h3-9,17-20,23,25-27H,10H2,1-2H3/t17-,18+,19-,20?/m1/s1. The fourth-order valence-electron chi connectivity index (χ4n) is 3.52. The van der Waals surface area contributed by atoms with Gasteiger partial charge in [0.15, 0.2) is 6.23 Å². The number of aliphatic hydroxyl groups excluding tert-OH is 3. The summed E-state index contributed by atoms with van der Waals surface area (Å²) in [6, 6.07) is 12.1. The lowest BCUT2D eigenvalue weighted by atomic mass is 10.0. The fraction of sp³-hybridized carbons (Fsp3) is 0.333. The van der Waals surface area contributed by atoms with Gasteiger partial charge in [-0.1, -0.05) is 0 Å². The molecule has 1 saturated heterocycles. The second-order valence-electron chi connectivity index (χ2n) is 7.18. The van der Waals surface area contributed by atoms with E-state index < -0.39 is 24.5 Å². The molecule has 1 aliphatic heterocycles. The molecule has 1 aromatic heterocycles. The highest BCUT2D eigenvalue weighted by Crippen LogP contribution is 2.22. The molecule has 4 atom stereocenters. The first kappa shape index (κ1) is 20.3. The van der Waals surface area contributed by atoms with E-state index in [1.165, 1.54) is 4.57 Å². The first-order chi connectivity index (χ1) is 14.4. The molecule has 0 aliphatic carbocycles. The summed E-state index contributed by atoms with van der Waals surface area (Å²) in [7, 11) is 1.57. The summed E-state index contributed by atoms with van der Waals surface area (Å²) in [6.45, 7) is 1.64. The van der Waals surface area contributed by atoms with Crippen LogP contribution in [0.5, 0.6) is 5.75 Å². The number of aliphatic hydroxyl groups is 3. The molecule has 0 bridgehead atoms. The summed E-state index contributed by atoms with van der Waals surface area (Å²) >= 11 is 0. The predicted molar refractivity (Wildman–Crippen MR) is 110 cm³/mol. The number of nitrogens with zero attached hydrogens (tertiary/aromatic N) is 2. The number of rotatable bonds is 4. The molecule has 0 amide bonds. The van der Waals surface area contributed by atoms with Crippen LogP contribution in [0.15, 0.2) is 47.3 Å².